The first kappa shape index (κ1) is 26.3. The summed E-state index contributed by atoms with van der Waals surface area (Å²) in [5, 5.41) is 2.04. The van der Waals surface area contributed by atoms with Gasteiger partial charge in [0, 0.05) is 31.9 Å². The molecule has 0 amide bonds. The summed E-state index contributed by atoms with van der Waals surface area (Å²) in [6.07, 6.45) is 0. The summed E-state index contributed by atoms with van der Waals surface area (Å²) in [6.45, 7) is 0. The Hall–Kier alpha value is -5.39. The van der Waals surface area contributed by atoms with E-state index >= 15 is 0 Å². The van der Waals surface area contributed by atoms with Gasteiger partial charge in [-0.2, -0.15) is 0 Å². The molecule has 6 aromatic carbocycles. The summed E-state index contributed by atoms with van der Waals surface area (Å²) in [5.74, 6) is 1.85. The highest BCUT2D eigenvalue weighted by molar-refractivity contribution is 9.10. The number of hydrogen-bond acceptors (Lipinski definition) is 4. The number of nitrogens with zero attached hydrogens (tertiary/aromatic N) is 3. The molecular weight excluding hydrogens is 606 g/mol. The van der Waals surface area contributed by atoms with Gasteiger partial charge in [-0.25, -0.2) is 15.0 Å². The standard InChI is InChI=1S/C39H24BrN3O/c40-31-22-20-26(21-23-31)30-11-6-10-29(24-30)25-16-18-28(19-17-25)38-41-37(27-8-2-1-3-9-27)42-39(43-38)33-13-7-15-35-36(33)32-12-4-5-14-34(32)44-35/h1-24H. The molecule has 0 bridgehead atoms. The molecule has 5 heteroatoms. The second-order valence-corrected chi connectivity index (χ2v) is 11.5. The Kier molecular flexibility index (Phi) is 6.58. The highest BCUT2D eigenvalue weighted by Gasteiger charge is 2.17. The zero-order chi connectivity index (χ0) is 29.5. The van der Waals surface area contributed by atoms with Crippen molar-refractivity contribution in [3.8, 4) is 56.4 Å². The molecule has 0 radical (unpaired) electrons. The predicted octanol–water partition coefficient (Wildman–Crippen LogP) is 10.9. The Morgan fingerprint density at radius 1 is 0.409 bits per heavy atom. The number of rotatable bonds is 5. The van der Waals surface area contributed by atoms with Crippen molar-refractivity contribution in [2.24, 2.45) is 0 Å². The summed E-state index contributed by atoms with van der Waals surface area (Å²) in [7, 11) is 0. The topological polar surface area (TPSA) is 51.8 Å². The fourth-order valence-electron chi connectivity index (χ4n) is 5.64. The van der Waals surface area contributed by atoms with Crippen molar-refractivity contribution in [2.45, 2.75) is 0 Å². The van der Waals surface area contributed by atoms with Crippen LogP contribution in [0.5, 0.6) is 0 Å². The van der Waals surface area contributed by atoms with Gasteiger partial charge in [0.15, 0.2) is 17.5 Å². The van der Waals surface area contributed by atoms with Gasteiger partial charge in [0.25, 0.3) is 0 Å². The summed E-state index contributed by atoms with van der Waals surface area (Å²) >= 11 is 3.53. The van der Waals surface area contributed by atoms with E-state index in [4.69, 9.17) is 19.4 Å². The van der Waals surface area contributed by atoms with E-state index in [1.807, 2.05) is 60.7 Å². The van der Waals surface area contributed by atoms with E-state index in [0.717, 1.165) is 54.2 Å². The molecule has 44 heavy (non-hydrogen) atoms. The van der Waals surface area contributed by atoms with Crippen molar-refractivity contribution in [3.05, 3.63) is 150 Å². The Morgan fingerprint density at radius 3 is 1.66 bits per heavy atom. The smallest absolute Gasteiger partial charge is 0.164 e. The van der Waals surface area contributed by atoms with E-state index in [1.165, 1.54) is 11.1 Å². The van der Waals surface area contributed by atoms with Crippen LogP contribution in [-0.4, -0.2) is 15.0 Å². The molecule has 0 saturated carbocycles. The lowest BCUT2D eigenvalue weighted by atomic mass is 9.98. The minimum Gasteiger partial charge on any atom is -0.456 e. The van der Waals surface area contributed by atoms with E-state index < -0.39 is 0 Å². The largest absolute Gasteiger partial charge is 0.456 e. The monoisotopic (exact) mass is 629 g/mol. The first-order chi connectivity index (χ1) is 21.7. The molecule has 4 nitrogen and oxygen atoms in total. The van der Waals surface area contributed by atoms with E-state index in [-0.39, 0.29) is 0 Å². The van der Waals surface area contributed by atoms with Crippen molar-refractivity contribution in [1.29, 1.82) is 0 Å². The van der Waals surface area contributed by atoms with Gasteiger partial charge in [-0.15, -0.1) is 0 Å². The molecule has 2 aromatic heterocycles. The summed E-state index contributed by atoms with van der Waals surface area (Å²) < 4.78 is 7.24. The Morgan fingerprint density at radius 2 is 0.932 bits per heavy atom. The lowest BCUT2D eigenvalue weighted by Gasteiger charge is -2.10. The number of halogens is 1. The number of benzene rings is 6. The van der Waals surface area contributed by atoms with Gasteiger partial charge >= 0.3 is 0 Å². The fraction of sp³-hybridized carbons (Fsp3) is 0. The van der Waals surface area contributed by atoms with E-state index in [9.17, 15) is 0 Å². The highest BCUT2D eigenvalue weighted by Crippen LogP contribution is 2.36. The average molecular weight is 631 g/mol. The molecule has 0 aliphatic heterocycles. The van der Waals surface area contributed by atoms with Crippen LogP contribution in [0.3, 0.4) is 0 Å². The maximum absolute atomic E-state index is 6.17. The van der Waals surface area contributed by atoms with Crippen molar-refractivity contribution >= 4 is 37.9 Å². The lowest BCUT2D eigenvalue weighted by Crippen LogP contribution is -2.00. The molecule has 8 aromatic rings. The maximum atomic E-state index is 6.17. The molecule has 0 saturated heterocycles. The second-order valence-electron chi connectivity index (χ2n) is 10.6. The fourth-order valence-corrected chi connectivity index (χ4v) is 5.90. The first-order valence-corrected chi connectivity index (χ1v) is 15.2. The van der Waals surface area contributed by atoms with Crippen LogP contribution in [0, 0.1) is 0 Å². The van der Waals surface area contributed by atoms with Crippen LogP contribution >= 0.6 is 15.9 Å². The molecule has 8 rings (SSSR count). The zero-order valence-electron chi connectivity index (χ0n) is 23.5. The summed E-state index contributed by atoms with van der Waals surface area (Å²) in [5.41, 5.74) is 9.04. The van der Waals surface area contributed by atoms with Crippen molar-refractivity contribution < 1.29 is 4.42 Å². The predicted molar refractivity (Wildman–Crippen MR) is 182 cm³/mol. The van der Waals surface area contributed by atoms with Crippen LogP contribution in [0.1, 0.15) is 0 Å². The third-order valence-corrected chi connectivity index (χ3v) is 8.36. The van der Waals surface area contributed by atoms with Crippen molar-refractivity contribution in [3.63, 3.8) is 0 Å². The van der Waals surface area contributed by atoms with Crippen LogP contribution in [0.2, 0.25) is 0 Å². The van der Waals surface area contributed by atoms with Gasteiger partial charge in [-0.3, -0.25) is 0 Å². The normalized spacial score (nSPS) is 11.3. The molecule has 0 unspecified atom stereocenters. The maximum Gasteiger partial charge on any atom is 0.164 e. The van der Waals surface area contributed by atoms with Crippen molar-refractivity contribution in [1.82, 2.24) is 15.0 Å². The average Bonchev–Trinajstić information content (AvgIpc) is 3.48. The van der Waals surface area contributed by atoms with Crippen LogP contribution in [0.15, 0.2) is 154 Å². The molecular formula is C39H24BrN3O. The van der Waals surface area contributed by atoms with Gasteiger partial charge in [0.1, 0.15) is 11.2 Å². The number of fused-ring (bicyclic) bond motifs is 3. The number of para-hydroxylation sites is 1. The lowest BCUT2D eigenvalue weighted by molar-refractivity contribution is 0.669. The zero-order valence-corrected chi connectivity index (χ0v) is 25.1. The molecule has 2 heterocycles. The van der Waals surface area contributed by atoms with Crippen LogP contribution in [0.4, 0.5) is 0 Å². The van der Waals surface area contributed by atoms with Crippen LogP contribution in [-0.2, 0) is 0 Å². The molecule has 0 N–H and O–H groups in total. The summed E-state index contributed by atoms with van der Waals surface area (Å²) in [4.78, 5) is 15.0. The Bertz CT molecular complexity index is 2280. The van der Waals surface area contributed by atoms with Gasteiger partial charge in [-0.1, -0.05) is 131 Å². The van der Waals surface area contributed by atoms with Gasteiger partial charge in [0.2, 0.25) is 0 Å². The summed E-state index contributed by atoms with van der Waals surface area (Å²) in [6, 6.07) is 49.6. The SMILES string of the molecule is Brc1ccc(-c2cccc(-c3ccc(-c4nc(-c5ccccc5)nc(-c5cccc6oc7ccccc7c56)n4)cc3)c2)cc1. The van der Waals surface area contributed by atoms with Crippen LogP contribution in [0.25, 0.3) is 78.4 Å². The Labute approximate surface area is 262 Å². The first-order valence-electron chi connectivity index (χ1n) is 14.4. The molecule has 208 valence electrons. The van der Waals surface area contributed by atoms with Gasteiger partial charge < -0.3 is 4.42 Å². The van der Waals surface area contributed by atoms with E-state index in [0.29, 0.717) is 17.5 Å². The third kappa shape index (κ3) is 4.87. The minimum atomic E-state index is 0.609. The molecule has 0 aliphatic carbocycles. The second kappa shape index (κ2) is 11.0. The third-order valence-electron chi connectivity index (χ3n) is 7.83. The van der Waals surface area contributed by atoms with Gasteiger partial charge in [-0.05, 0) is 52.6 Å². The number of aromatic nitrogens is 3. The molecule has 0 spiro atoms. The van der Waals surface area contributed by atoms with E-state index in [2.05, 4.69) is 101 Å². The minimum absolute atomic E-state index is 0.609. The molecule has 0 aliphatic rings. The van der Waals surface area contributed by atoms with Crippen molar-refractivity contribution in [2.75, 3.05) is 0 Å². The molecule has 0 atom stereocenters. The number of hydrogen-bond donors (Lipinski definition) is 0. The Balaban J connectivity index is 1.23. The van der Waals surface area contributed by atoms with Crippen LogP contribution < -0.4 is 0 Å². The number of furan rings is 1. The van der Waals surface area contributed by atoms with E-state index in [1.54, 1.807) is 0 Å². The molecule has 0 fully saturated rings. The quantitative estimate of drug-likeness (QED) is 0.190. The highest BCUT2D eigenvalue weighted by atomic mass is 79.9. The van der Waals surface area contributed by atoms with Gasteiger partial charge in [0.05, 0.1) is 0 Å².